The van der Waals surface area contributed by atoms with Crippen LogP contribution < -0.4 is 13.7 Å². The van der Waals surface area contributed by atoms with E-state index in [1.165, 1.54) is 14.0 Å². The second kappa shape index (κ2) is 10.3. The monoisotopic (exact) mass is 435 g/mol. The van der Waals surface area contributed by atoms with Crippen molar-refractivity contribution < 1.29 is 26.9 Å². The Balaban J connectivity index is 2.27. The Hall–Kier alpha value is -2.74. The Bertz CT molecular complexity index is 956. The van der Waals surface area contributed by atoms with Gasteiger partial charge in [0.1, 0.15) is 17.2 Å². The summed E-state index contributed by atoms with van der Waals surface area (Å²) in [6.07, 6.45) is 0.778. The Morgan fingerprint density at radius 1 is 1.00 bits per heavy atom. The molecule has 0 aliphatic rings. The quantitative estimate of drug-likeness (QED) is 0.527. The summed E-state index contributed by atoms with van der Waals surface area (Å²) >= 11 is 0. The molecule has 0 saturated heterocycles. The SMILES string of the molecule is CC[C@H](C)N(Cc1ccc(OS(=O)(=O)CC)cc1)C(=O)c1ccc(OC)cc1OC. The molecule has 1 atom stereocenters. The molecule has 7 nitrogen and oxygen atoms in total. The molecule has 2 aromatic rings. The number of nitrogens with zero attached hydrogens (tertiary/aromatic N) is 1. The van der Waals surface area contributed by atoms with Gasteiger partial charge < -0.3 is 18.6 Å². The fraction of sp³-hybridized carbons (Fsp3) is 0.409. The van der Waals surface area contributed by atoms with Crippen LogP contribution in [0.1, 0.15) is 43.1 Å². The average Bonchev–Trinajstić information content (AvgIpc) is 2.76. The molecule has 30 heavy (non-hydrogen) atoms. The van der Waals surface area contributed by atoms with Gasteiger partial charge in [-0.1, -0.05) is 19.1 Å². The van der Waals surface area contributed by atoms with Crippen molar-refractivity contribution >= 4 is 16.0 Å². The molecule has 0 bridgehead atoms. The first-order chi connectivity index (χ1) is 14.2. The van der Waals surface area contributed by atoms with E-state index in [4.69, 9.17) is 13.7 Å². The van der Waals surface area contributed by atoms with E-state index in [0.717, 1.165) is 12.0 Å². The first-order valence-electron chi connectivity index (χ1n) is 9.78. The Labute approximate surface area is 178 Å². The zero-order valence-electron chi connectivity index (χ0n) is 18.0. The van der Waals surface area contributed by atoms with E-state index >= 15 is 0 Å². The largest absolute Gasteiger partial charge is 0.497 e. The van der Waals surface area contributed by atoms with Crippen LogP contribution in [0.4, 0.5) is 0 Å². The van der Waals surface area contributed by atoms with Crippen LogP contribution >= 0.6 is 0 Å². The number of carbonyl (C=O) groups is 1. The smallest absolute Gasteiger partial charge is 0.308 e. The summed E-state index contributed by atoms with van der Waals surface area (Å²) in [6.45, 7) is 5.89. The van der Waals surface area contributed by atoms with E-state index < -0.39 is 10.1 Å². The molecule has 0 radical (unpaired) electrons. The number of methoxy groups -OCH3 is 2. The van der Waals surface area contributed by atoms with E-state index in [-0.39, 0.29) is 23.5 Å². The third kappa shape index (κ3) is 5.89. The van der Waals surface area contributed by atoms with Crippen molar-refractivity contribution in [2.75, 3.05) is 20.0 Å². The van der Waals surface area contributed by atoms with Gasteiger partial charge >= 0.3 is 10.1 Å². The van der Waals surface area contributed by atoms with Gasteiger partial charge in [-0.05, 0) is 50.1 Å². The maximum absolute atomic E-state index is 13.3. The van der Waals surface area contributed by atoms with E-state index in [0.29, 0.717) is 23.6 Å². The average molecular weight is 436 g/mol. The second-order valence-electron chi connectivity index (χ2n) is 6.83. The topological polar surface area (TPSA) is 82.1 Å². The normalized spacial score (nSPS) is 12.2. The van der Waals surface area contributed by atoms with Crippen molar-refractivity contribution in [1.29, 1.82) is 0 Å². The third-order valence-electron chi connectivity index (χ3n) is 4.88. The molecule has 0 aromatic heterocycles. The minimum absolute atomic E-state index is 0.0132. The van der Waals surface area contributed by atoms with Gasteiger partial charge in [-0.15, -0.1) is 0 Å². The summed E-state index contributed by atoms with van der Waals surface area (Å²) in [5.41, 5.74) is 1.31. The highest BCUT2D eigenvalue weighted by atomic mass is 32.2. The number of carbonyl (C=O) groups excluding carboxylic acids is 1. The third-order valence-corrected chi connectivity index (χ3v) is 6.03. The summed E-state index contributed by atoms with van der Waals surface area (Å²) in [5, 5.41) is 0. The molecule has 0 spiro atoms. The number of rotatable bonds is 10. The minimum Gasteiger partial charge on any atom is -0.497 e. The van der Waals surface area contributed by atoms with Gasteiger partial charge in [0.05, 0.1) is 25.5 Å². The van der Waals surface area contributed by atoms with Gasteiger partial charge in [-0.25, -0.2) is 0 Å². The number of benzene rings is 2. The molecule has 2 aromatic carbocycles. The van der Waals surface area contributed by atoms with E-state index in [9.17, 15) is 13.2 Å². The van der Waals surface area contributed by atoms with E-state index in [1.807, 2.05) is 13.8 Å². The lowest BCUT2D eigenvalue weighted by Crippen LogP contribution is -2.38. The number of amides is 1. The molecule has 0 heterocycles. The molecule has 0 aliphatic heterocycles. The molecule has 1 amide bonds. The van der Waals surface area contributed by atoms with Crippen molar-refractivity contribution in [3.8, 4) is 17.2 Å². The summed E-state index contributed by atoms with van der Waals surface area (Å²) in [5.74, 6) is 1.04. The van der Waals surface area contributed by atoms with Crippen LogP contribution in [0, 0.1) is 0 Å². The van der Waals surface area contributed by atoms with Crippen molar-refractivity contribution in [3.05, 3.63) is 53.6 Å². The highest BCUT2D eigenvalue weighted by molar-refractivity contribution is 7.87. The molecule has 0 fully saturated rings. The second-order valence-corrected chi connectivity index (χ2v) is 8.69. The van der Waals surface area contributed by atoms with Crippen LogP contribution in [-0.2, 0) is 16.7 Å². The highest BCUT2D eigenvalue weighted by Gasteiger charge is 2.24. The van der Waals surface area contributed by atoms with Gasteiger partial charge in [0, 0.05) is 18.7 Å². The molecule has 0 saturated carbocycles. The summed E-state index contributed by atoms with van der Waals surface area (Å²) in [6, 6.07) is 11.8. The fourth-order valence-corrected chi connectivity index (χ4v) is 3.35. The molecule has 0 unspecified atom stereocenters. The zero-order valence-corrected chi connectivity index (χ0v) is 18.9. The van der Waals surface area contributed by atoms with Gasteiger partial charge in [-0.3, -0.25) is 4.79 Å². The van der Waals surface area contributed by atoms with Crippen LogP contribution in [0.2, 0.25) is 0 Å². The van der Waals surface area contributed by atoms with Gasteiger partial charge in [0.15, 0.2) is 0 Å². The highest BCUT2D eigenvalue weighted by Crippen LogP contribution is 2.27. The Morgan fingerprint density at radius 3 is 2.17 bits per heavy atom. The van der Waals surface area contributed by atoms with Gasteiger partial charge in [0.2, 0.25) is 0 Å². The predicted octanol–water partition coefficient (Wildman–Crippen LogP) is 3.87. The van der Waals surface area contributed by atoms with Crippen LogP contribution in [0.3, 0.4) is 0 Å². The Morgan fingerprint density at radius 2 is 1.63 bits per heavy atom. The maximum atomic E-state index is 13.3. The first kappa shape index (κ1) is 23.5. The molecule has 8 heteroatoms. The lowest BCUT2D eigenvalue weighted by molar-refractivity contribution is 0.0668. The van der Waals surface area contributed by atoms with Crippen molar-refractivity contribution in [3.63, 3.8) is 0 Å². The predicted molar refractivity (Wildman–Crippen MR) is 116 cm³/mol. The fourth-order valence-electron chi connectivity index (χ4n) is 2.83. The van der Waals surface area contributed by atoms with Crippen LogP contribution in [0.5, 0.6) is 17.2 Å². The molecule has 164 valence electrons. The summed E-state index contributed by atoms with van der Waals surface area (Å²) in [7, 11) is -0.505. The van der Waals surface area contributed by atoms with Crippen molar-refractivity contribution in [2.24, 2.45) is 0 Å². The molecule has 0 N–H and O–H groups in total. The van der Waals surface area contributed by atoms with Gasteiger partial charge in [-0.2, -0.15) is 8.42 Å². The Kier molecular flexibility index (Phi) is 8.11. The summed E-state index contributed by atoms with van der Waals surface area (Å²) in [4.78, 5) is 15.1. The van der Waals surface area contributed by atoms with Gasteiger partial charge in [0.25, 0.3) is 5.91 Å². The van der Waals surface area contributed by atoms with Crippen LogP contribution in [-0.4, -0.2) is 45.2 Å². The van der Waals surface area contributed by atoms with Crippen molar-refractivity contribution in [1.82, 2.24) is 4.90 Å². The lowest BCUT2D eigenvalue weighted by Gasteiger charge is -2.29. The van der Waals surface area contributed by atoms with Crippen LogP contribution in [0.25, 0.3) is 0 Å². The first-order valence-corrected chi connectivity index (χ1v) is 11.4. The molecule has 2 rings (SSSR count). The summed E-state index contributed by atoms with van der Waals surface area (Å²) < 4.78 is 38.8. The molecular weight excluding hydrogens is 406 g/mol. The molecule has 0 aliphatic carbocycles. The van der Waals surface area contributed by atoms with Crippen molar-refractivity contribution in [2.45, 2.75) is 39.8 Å². The van der Waals surface area contributed by atoms with E-state index in [2.05, 4.69) is 0 Å². The number of hydrogen-bond donors (Lipinski definition) is 0. The standard InChI is InChI=1S/C22H29NO6S/c1-6-16(3)23(22(24)20-13-12-19(27-4)14-21(20)28-5)15-17-8-10-18(11-9-17)29-30(25,26)7-2/h8-14,16H,6-7,15H2,1-5H3/t16-/m0/s1. The van der Waals surface area contributed by atoms with Crippen LogP contribution in [0.15, 0.2) is 42.5 Å². The lowest BCUT2D eigenvalue weighted by atomic mass is 10.1. The van der Waals surface area contributed by atoms with E-state index in [1.54, 1.807) is 54.5 Å². The number of hydrogen-bond acceptors (Lipinski definition) is 6. The minimum atomic E-state index is -3.58. The maximum Gasteiger partial charge on any atom is 0.308 e. The zero-order chi connectivity index (χ0) is 22.3. The molecular formula is C22H29NO6S. The number of ether oxygens (including phenoxy) is 2.